The molecule has 3 aromatic rings. The van der Waals surface area contributed by atoms with E-state index in [1.165, 1.54) is 35.6 Å². The summed E-state index contributed by atoms with van der Waals surface area (Å²) in [4.78, 5) is 30.7. The maximum absolute atomic E-state index is 12.4. The topological polar surface area (TPSA) is 88.4 Å². The minimum absolute atomic E-state index is 0.0113. The molecule has 0 unspecified atom stereocenters. The highest BCUT2D eigenvalue weighted by Crippen LogP contribution is 2.34. The van der Waals surface area contributed by atoms with Crippen molar-refractivity contribution in [3.63, 3.8) is 0 Å². The number of nitro benzene ring substituents is 1. The van der Waals surface area contributed by atoms with Crippen LogP contribution >= 0.6 is 22.7 Å². The Labute approximate surface area is 152 Å². The van der Waals surface area contributed by atoms with Crippen molar-refractivity contribution in [1.82, 2.24) is 4.98 Å². The number of non-ortho nitro benzene ring substituents is 1. The molecule has 1 amide bonds. The van der Waals surface area contributed by atoms with E-state index in [9.17, 15) is 14.9 Å². The van der Waals surface area contributed by atoms with Crippen molar-refractivity contribution >= 4 is 54.6 Å². The van der Waals surface area contributed by atoms with Crippen molar-refractivity contribution in [1.29, 1.82) is 0 Å². The zero-order valence-corrected chi connectivity index (χ0v) is 15.3. The Hall–Kier alpha value is -2.52. The zero-order chi connectivity index (χ0) is 18.0. The van der Waals surface area contributed by atoms with Crippen LogP contribution in [-0.4, -0.2) is 28.9 Å². The number of amides is 1. The predicted molar refractivity (Wildman–Crippen MR) is 102 cm³/mol. The monoisotopic (exact) mass is 376 g/mol. The Morgan fingerprint density at radius 2 is 1.92 bits per heavy atom. The first-order valence-corrected chi connectivity index (χ1v) is 9.36. The number of thiazole rings is 1. The van der Waals surface area contributed by atoms with Crippen LogP contribution in [0.15, 0.2) is 30.3 Å². The van der Waals surface area contributed by atoms with Crippen molar-refractivity contribution in [2.24, 2.45) is 0 Å². The Morgan fingerprint density at radius 1 is 1.24 bits per heavy atom. The molecule has 0 saturated heterocycles. The molecule has 0 spiro atoms. The van der Waals surface area contributed by atoms with Gasteiger partial charge in [-0.25, -0.2) is 4.98 Å². The number of nitro groups is 1. The number of aromatic nitrogens is 1. The Bertz CT molecular complexity index is 882. The van der Waals surface area contributed by atoms with E-state index in [0.29, 0.717) is 10.6 Å². The lowest BCUT2D eigenvalue weighted by Crippen LogP contribution is -2.21. The number of benzene rings is 1. The van der Waals surface area contributed by atoms with Gasteiger partial charge in [0.05, 0.1) is 14.5 Å². The number of anilines is 2. The summed E-state index contributed by atoms with van der Waals surface area (Å²) in [5, 5.41) is 14.4. The maximum atomic E-state index is 12.4. The molecule has 1 aromatic carbocycles. The van der Waals surface area contributed by atoms with Crippen LogP contribution in [0.2, 0.25) is 0 Å². The van der Waals surface area contributed by atoms with Crippen LogP contribution in [0.5, 0.6) is 0 Å². The predicted octanol–water partition coefficient (Wildman–Crippen LogP) is 4.36. The summed E-state index contributed by atoms with van der Waals surface area (Å²) in [6.45, 7) is 5.96. The number of carbonyl (C=O) groups excluding carboxylic acids is 1. The fraction of sp³-hybridized carbons (Fsp3) is 0.250. The minimum atomic E-state index is -0.474. The molecule has 0 atom stereocenters. The van der Waals surface area contributed by atoms with E-state index < -0.39 is 4.92 Å². The average Bonchev–Trinajstić information content (AvgIpc) is 3.15. The third kappa shape index (κ3) is 3.62. The highest BCUT2D eigenvalue weighted by molar-refractivity contribution is 7.29. The molecule has 0 aliphatic carbocycles. The molecule has 1 N–H and O–H groups in total. The number of nitrogens with one attached hydrogen (secondary N) is 1. The van der Waals surface area contributed by atoms with E-state index in [0.717, 1.165) is 27.8 Å². The SMILES string of the molecule is CCN(CC)c1nc2sc(C(=O)Nc3ccc([N+](=O)[O-])cc3)cc2s1. The van der Waals surface area contributed by atoms with Crippen LogP contribution in [0.1, 0.15) is 23.5 Å². The standard InChI is InChI=1S/C16H16N4O3S2/c1-3-19(4-2)16-18-15-13(25-16)9-12(24-15)14(21)17-10-5-7-11(8-6-10)20(22)23/h5-9H,3-4H2,1-2H3,(H,17,21). The molecule has 0 fully saturated rings. The first kappa shape index (κ1) is 17.3. The summed E-state index contributed by atoms with van der Waals surface area (Å²) >= 11 is 2.92. The van der Waals surface area contributed by atoms with Gasteiger partial charge in [0.1, 0.15) is 4.83 Å². The third-order valence-electron chi connectivity index (χ3n) is 3.67. The van der Waals surface area contributed by atoms with E-state index in [-0.39, 0.29) is 11.6 Å². The third-order valence-corrected chi connectivity index (χ3v) is 5.89. The number of hydrogen-bond donors (Lipinski definition) is 1. The van der Waals surface area contributed by atoms with E-state index in [2.05, 4.69) is 29.0 Å². The Balaban J connectivity index is 1.75. The second kappa shape index (κ2) is 7.16. The summed E-state index contributed by atoms with van der Waals surface area (Å²) in [5.74, 6) is -0.242. The molecule has 9 heteroatoms. The highest BCUT2D eigenvalue weighted by atomic mass is 32.1. The van der Waals surface area contributed by atoms with E-state index in [4.69, 9.17) is 0 Å². The van der Waals surface area contributed by atoms with Gasteiger partial charge in [-0.3, -0.25) is 14.9 Å². The Kier molecular flexibility index (Phi) is 4.95. The number of rotatable bonds is 6. The fourth-order valence-corrected chi connectivity index (χ4v) is 4.56. The molecule has 3 rings (SSSR count). The summed E-state index contributed by atoms with van der Waals surface area (Å²) in [5.41, 5.74) is 0.506. The van der Waals surface area contributed by atoms with E-state index >= 15 is 0 Å². The molecule has 25 heavy (non-hydrogen) atoms. The van der Waals surface area contributed by atoms with Gasteiger partial charge in [-0.1, -0.05) is 11.3 Å². The maximum Gasteiger partial charge on any atom is 0.269 e. The van der Waals surface area contributed by atoms with Crippen LogP contribution in [0, 0.1) is 10.1 Å². The van der Waals surface area contributed by atoms with Crippen molar-refractivity contribution in [2.45, 2.75) is 13.8 Å². The van der Waals surface area contributed by atoms with Crippen LogP contribution in [0.25, 0.3) is 9.53 Å². The van der Waals surface area contributed by atoms with Gasteiger partial charge in [0.25, 0.3) is 11.6 Å². The van der Waals surface area contributed by atoms with Crippen molar-refractivity contribution in [3.8, 4) is 0 Å². The van der Waals surface area contributed by atoms with Crippen LogP contribution in [-0.2, 0) is 0 Å². The number of fused-ring (bicyclic) bond motifs is 1. The smallest absolute Gasteiger partial charge is 0.269 e. The van der Waals surface area contributed by atoms with Gasteiger partial charge in [-0.2, -0.15) is 0 Å². The molecule has 0 radical (unpaired) electrons. The molecular weight excluding hydrogens is 360 g/mol. The minimum Gasteiger partial charge on any atom is -0.349 e. The largest absolute Gasteiger partial charge is 0.349 e. The highest BCUT2D eigenvalue weighted by Gasteiger charge is 2.16. The molecule has 0 bridgehead atoms. The quantitative estimate of drug-likeness (QED) is 0.510. The lowest BCUT2D eigenvalue weighted by atomic mass is 10.3. The zero-order valence-electron chi connectivity index (χ0n) is 13.7. The van der Waals surface area contributed by atoms with Gasteiger partial charge in [0.15, 0.2) is 5.13 Å². The molecule has 2 heterocycles. The average molecular weight is 376 g/mol. The first-order chi connectivity index (χ1) is 12.0. The van der Waals surface area contributed by atoms with Gasteiger partial charge in [0, 0.05) is 30.9 Å². The van der Waals surface area contributed by atoms with E-state index in [1.807, 2.05) is 6.07 Å². The lowest BCUT2D eigenvalue weighted by Gasteiger charge is -2.16. The Morgan fingerprint density at radius 3 is 2.48 bits per heavy atom. The number of thiophene rings is 1. The summed E-state index contributed by atoms with van der Waals surface area (Å²) < 4.78 is 0.987. The van der Waals surface area contributed by atoms with Crippen molar-refractivity contribution < 1.29 is 9.72 Å². The number of carbonyl (C=O) groups is 1. The van der Waals surface area contributed by atoms with E-state index in [1.54, 1.807) is 11.3 Å². The van der Waals surface area contributed by atoms with Crippen LogP contribution in [0.3, 0.4) is 0 Å². The number of nitrogens with zero attached hydrogens (tertiary/aromatic N) is 3. The van der Waals surface area contributed by atoms with Crippen LogP contribution in [0.4, 0.5) is 16.5 Å². The second-order valence-corrected chi connectivity index (χ2v) is 7.25. The van der Waals surface area contributed by atoms with Gasteiger partial charge >= 0.3 is 0 Å². The lowest BCUT2D eigenvalue weighted by molar-refractivity contribution is -0.384. The molecule has 0 aliphatic heterocycles. The normalized spacial score (nSPS) is 10.8. The fourth-order valence-electron chi connectivity index (χ4n) is 2.32. The molecule has 130 valence electrons. The van der Waals surface area contributed by atoms with Crippen molar-refractivity contribution in [3.05, 3.63) is 45.3 Å². The summed E-state index contributed by atoms with van der Waals surface area (Å²) in [6.07, 6.45) is 0. The van der Waals surface area contributed by atoms with Crippen molar-refractivity contribution in [2.75, 3.05) is 23.3 Å². The van der Waals surface area contributed by atoms with Crippen LogP contribution < -0.4 is 10.2 Å². The van der Waals surface area contributed by atoms with Gasteiger partial charge in [-0.05, 0) is 32.0 Å². The van der Waals surface area contributed by atoms with Gasteiger partial charge in [0.2, 0.25) is 0 Å². The second-order valence-electron chi connectivity index (χ2n) is 5.21. The molecule has 0 saturated carbocycles. The molecule has 2 aromatic heterocycles. The van der Waals surface area contributed by atoms with Gasteiger partial charge < -0.3 is 10.2 Å². The van der Waals surface area contributed by atoms with Gasteiger partial charge in [-0.15, -0.1) is 11.3 Å². The first-order valence-electron chi connectivity index (χ1n) is 7.73. The summed E-state index contributed by atoms with van der Waals surface area (Å²) in [6, 6.07) is 7.60. The molecule has 7 nitrogen and oxygen atoms in total. The summed E-state index contributed by atoms with van der Waals surface area (Å²) in [7, 11) is 0. The molecular formula is C16H16N4O3S2. The number of hydrogen-bond acceptors (Lipinski definition) is 7. The molecule has 0 aliphatic rings.